The lowest BCUT2D eigenvalue weighted by atomic mass is 10.2. The van der Waals surface area contributed by atoms with Crippen LogP contribution in [0.4, 0.5) is 28.0 Å². The number of hydrogen-bond acceptors (Lipinski definition) is 2. The average Bonchev–Trinajstić information content (AvgIpc) is 2.38. The minimum Gasteiger partial charge on any atom is -0.478 e. The van der Waals surface area contributed by atoms with Gasteiger partial charge in [0.15, 0.2) is 0 Å². The molecule has 1 aromatic carbocycles. The van der Waals surface area contributed by atoms with Crippen molar-refractivity contribution >= 4 is 29.3 Å². The van der Waals surface area contributed by atoms with Crippen molar-refractivity contribution in [2.75, 3.05) is 11.9 Å². The van der Waals surface area contributed by atoms with E-state index in [0.717, 1.165) is 6.07 Å². The van der Waals surface area contributed by atoms with Gasteiger partial charge in [-0.2, -0.15) is 8.78 Å². The van der Waals surface area contributed by atoms with Gasteiger partial charge in [-0.05, 0) is 18.2 Å². The molecule has 0 aromatic heterocycles. The van der Waals surface area contributed by atoms with E-state index in [1.807, 2.05) is 5.32 Å². The first-order valence-electron chi connectivity index (χ1n) is 5.37. The minimum atomic E-state index is -4.36. The molecule has 0 bridgehead atoms. The Morgan fingerprint density at radius 3 is 2.48 bits per heavy atom. The quantitative estimate of drug-likeness (QED) is 0.727. The van der Waals surface area contributed by atoms with E-state index in [2.05, 4.69) is 0 Å². The first-order chi connectivity index (χ1) is 9.63. The van der Waals surface area contributed by atoms with Gasteiger partial charge in [0.2, 0.25) is 0 Å². The highest BCUT2D eigenvalue weighted by molar-refractivity contribution is 6.33. The summed E-state index contributed by atoms with van der Waals surface area (Å²) < 4.78 is 48.9. The molecular weight excluding hydrogens is 320 g/mol. The lowest BCUT2D eigenvalue weighted by molar-refractivity contribution is -0.123. The third-order valence-electron chi connectivity index (χ3n) is 2.26. The number of halogens is 5. The predicted octanol–water partition coefficient (Wildman–Crippen LogP) is 3.06. The molecule has 0 radical (unpaired) electrons. The number of aromatic carboxylic acids is 1. The van der Waals surface area contributed by atoms with E-state index < -0.39 is 30.9 Å². The van der Waals surface area contributed by atoms with E-state index in [1.54, 1.807) is 5.32 Å². The summed E-state index contributed by atoms with van der Waals surface area (Å²) in [4.78, 5) is 22.1. The molecule has 3 N–H and O–H groups in total. The van der Waals surface area contributed by atoms with Crippen LogP contribution in [0.25, 0.3) is 0 Å². The van der Waals surface area contributed by atoms with Crippen molar-refractivity contribution in [2.45, 2.75) is 12.3 Å². The zero-order chi connectivity index (χ0) is 16.2. The molecule has 0 fully saturated rings. The van der Waals surface area contributed by atoms with Crippen LogP contribution in [-0.2, 0) is 0 Å². The van der Waals surface area contributed by atoms with Crippen LogP contribution in [-0.4, -0.2) is 36.0 Å². The number of benzene rings is 1. The maximum absolute atomic E-state index is 12.6. The Labute approximate surface area is 120 Å². The Kier molecular flexibility index (Phi) is 5.36. The lowest BCUT2D eigenvalue weighted by Crippen LogP contribution is -2.42. The SMILES string of the molecule is O=C(NCC(F)(F)C(F)F)Nc1ccc(Cl)c(C(=O)O)c1. The first kappa shape index (κ1) is 17.0. The highest BCUT2D eigenvalue weighted by Crippen LogP contribution is 2.22. The molecule has 0 saturated carbocycles. The second kappa shape index (κ2) is 6.61. The molecule has 0 heterocycles. The molecule has 5 nitrogen and oxygen atoms in total. The van der Waals surface area contributed by atoms with Crippen molar-refractivity contribution < 1.29 is 32.3 Å². The molecule has 0 aliphatic rings. The zero-order valence-electron chi connectivity index (χ0n) is 10.2. The molecule has 0 spiro atoms. The Hall–Kier alpha value is -2.03. The summed E-state index contributed by atoms with van der Waals surface area (Å²) in [6, 6.07) is 2.21. The molecule has 116 valence electrons. The van der Waals surface area contributed by atoms with E-state index >= 15 is 0 Å². The summed E-state index contributed by atoms with van der Waals surface area (Å²) in [7, 11) is 0. The normalized spacial score (nSPS) is 11.3. The second-order valence-electron chi connectivity index (χ2n) is 3.87. The molecular formula is C11H9ClF4N2O3. The van der Waals surface area contributed by atoms with Crippen LogP contribution < -0.4 is 10.6 Å². The van der Waals surface area contributed by atoms with Crippen LogP contribution >= 0.6 is 11.6 Å². The maximum Gasteiger partial charge on any atom is 0.337 e. The Morgan fingerprint density at radius 2 is 1.95 bits per heavy atom. The fourth-order valence-corrected chi connectivity index (χ4v) is 1.42. The molecule has 1 rings (SSSR count). The van der Waals surface area contributed by atoms with Gasteiger partial charge in [-0.25, -0.2) is 18.4 Å². The fourth-order valence-electron chi connectivity index (χ4n) is 1.22. The molecule has 10 heteroatoms. The molecule has 0 aliphatic carbocycles. The number of hydrogen-bond donors (Lipinski definition) is 3. The fraction of sp³-hybridized carbons (Fsp3) is 0.273. The lowest BCUT2D eigenvalue weighted by Gasteiger charge is -2.16. The third-order valence-corrected chi connectivity index (χ3v) is 2.59. The summed E-state index contributed by atoms with van der Waals surface area (Å²) in [5.41, 5.74) is -0.359. The maximum atomic E-state index is 12.6. The van der Waals surface area contributed by atoms with E-state index in [9.17, 15) is 27.2 Å². The summed E-state index contributed by atoms with van der Waals surface area (Å²) in [6.07, 6.45) is -3.91. The van der Waals surface area contributed by atoms with E-state index in [-0.39, 0.29) is 16.3 Å². The van der Waals surface area contributed by atoms with Crippen LogP contribution in [0.2, 0.25) is 5.02 Å². The van der Waals surface area contributed by atoms with Crippen molar-refractivity contribution in [3.63, 3.8) is 0 Å². The molecule has 0 atom stereocenters. The number of carbonyl (C=O) groups excluding carboxylic acids is 1. The second-order valence-corrected chi connectivity index (χ2v) is 4.28. The van der Waals surface area contributed by atoms with Crippen molar-refractivity contribution in [3.8, 4) is 0 Å². The summed E-state index contributed by atoms with van der Waals surface area (Å²) >= 11 is 5.59. The van der Waals surface area contributed by atoms with Gasteiger partial charge in [0, 0.05) is 5.69 Å². The molecule has 0 saturated heterocycles. The molecule has 1 aromatic rings. The smallest absolute Gasteiger partial charge is 0.337 e. The van der Waals surface area contributed by atoms with Gasteiger partial charge < -0.3 is 15.7 Å². The summed E-state index contributed by atoms with van der Waals surface area (Å²) in [6.45, 7) is -1.56. The van der Waals surface area contributed by atoms with Gasteiger partial charge in [0.25, 0.3) is 0 Å². The van der Waals surface area contributed by atoms with Crippen LogP contribution in [0.5, 0.6) is 0 Å². The predicted molar refractivity (Wildman–Crippen MR) is 66.4 cm³/mol. The minimum absolute atomic E-state index is 0.0466. The van der Waals surface area contributed by atoms with Crippen LogP contribution in [0, 0.1) is 0 Å². The zero-order valence-corrected chi connectivity index (χ0v) is 10.9. The van der Waals surface area contributed by atoms with E-state index in [1.165, 1.54) is 12.1 Å². The van der Waals surface area contributed by atoms with Gasteiger partial charge in [0.1, 0.15) is 0 Å². The Morgan fingerprint density at radius 1 is 1.33 bits per heavy atom. The number of carboxylic acid groups (broad SMARTS) is 1. The number of carboxylic acids is 1. The van der Waals surface area contributed by atoms with Crippen LogP contribution in [0.3, 0.4) is 0 Å². The standard InChI is InChI=1S/C11H9ClF4N2O3/c12-7-2-1-5(3-6(7)8(19)20)18-10(21)17-4-11(15,16)9(13)14/h1-3,9H,4H2,(H,19,20)(H2,17,18,21). The highest BCUT2D eigenvalue weighted by Gasteiger charge is 2.40. The topological polar surface area (TPSA) is 78.4 Å². The summed E-state index contributed by atoms with van der Waals surface area (Å²) in [5, 5.41) is 12.3. The average molecular weight is 329 g/mol. The number of nitrogens with one attached hydrogen (secondary N) is 2. The number of rotatable bonds is 5. The molecule has 21 heavy (non-hydrogen) atoms. The highest BCUT2D eigenvalue weighted by atomic mass is 35.5. The van der Waals surface area contributed by atoms with Gasteiger partial charge in [0.05, 0.1) is 17.1 Å². The molecule has 0 unspecified atom stereocenters. The number of amides is 2. The number of anilines is 1. The van der Waals surface area contributed by atoms with E-state index in [4.69, 9.17) is 16.7 Å². The van der Waals surface area contributed by atoms with Gasteiger partial charge in [-0.1, -0.05) is 11.6 Å². The molecule has 0 aliphatic heterocycles. The van der Waals surface area contributed by atoms with Gasteiger partial charge in [-0.15, -0.1) is 0 Å². The van der Waals surface area contributed by atoms with Crippen molar-refractivity contribution in [1.82, 2.24) is 5.32 Å². The van der Waals surface area contributed by atoms with E-state index in [0.29, 0.717) is 0 Å². The Bertz CT molecular complexity index is 554. The summed E-state index contributed by atoms with van der Waals surface area (Å²) in [5.74, 6) is -5.71. The number of alkyl halides is 4. The monoisotopic (exact) mass is 328 g/mol. The van der Waals surface area contributed by atoms with Gasteiger partial charge >= 0.3 is 24.3 Å². The number of urea groups is 1. The third kappa shape index (κ3) is 4.78. The molecule has 2 amide bonds. The Balaban J connectivity index is 2.68. The van der Waals surface area contributed by atoms with Crippen LogP contribution in [0.15, 0.2) is 18.2 Å². The largest absolute Gasteiger partial charge is 0.478 e. The van der Waals surface area contributed by atoms with Crippen molar-refractivity contribution in [2.24, 2.45) is 0 Å². The van der Waals surface area contributed by atoms with Crippen molar-refractivity contribution in [1.29, 1.82) is 0 Å². The van der Waals surface area contributed by atoms with Crippen LogP contribution in [0.1, 0.15) is 10.4 Å². The number of carbonyl (C=O) groups is 2. The first-order valence-corrected chi connectivity index (χ1v) is 5.75. The van der Waals surface area contributed by atoms with Gasteiger partial charge in [-0.3, -0.25) is 0 Å². The van der Waals surface area contributed by atoms with Crippen molar-refractivity contribution in [3.05, 3.63) is 28.8 Å².